The van der Waals surface area contributed by atoms with E-state index in [1.807, 2.05) is 71.4 Å². The monoisotopic (exact) mass is 1150 g/mol. The first-order valence-electron chi connectivity index (χ1n) is 27.2. The van der Waals surface area contributed by atoms with E-state index in [-0.39, 0.29) is 54.9 Å². The topological polar surface area (TPSA) is 286 Å². The summed E-state index contributed by atoms with van der Waals surface area (Å²) >= 11 is 2.69. The maximum absolute atomic E-state index is 14.0. The molecule has 0 aliphatic carbocycles. The van der Waals surface area contributed by atoms with Gasteiger partial charge in [0.25, 0.3) is 11.8 Å². The van der Waals surface area contributed by atoms with Gasteiger partial charge in [0.1, 0.15) is 27.4 Å². The number of thiazole rings is 1. The minimum absolute atomic E-state index is 0.159. The van der Waals surface area contributed by atoms with Crippen LogP contribution in [0.2, 0.25) is 0 Å². The molecule has 2 fully saturated rings. The van der Waals surface area contributed by atoms with Crippen LogP contribution in [-0.2, 0) is 35.5 Å². The van der Waals surface area contributed by atoms with Gasteiger partial charge in [-0.15, -0.1) is 23.1 Å². The van der Waals surface area contributed by atoms with Crippen molar-refractivity contribution < 1.29 is 43.0 Å². The molecule has 0 saturated carbocycles. The van der Waals surface area contributed by atoms with Crippen LogP contribution in [0.25, 0.3) is 22.1 Å². The Morgan fingerprint density at radius 1 is 0.716 bits per heavy atom. The number of fused-ring (bicyclic) bond motifs is 2. The highest BCUT2D eigenvalue weighted by atomic mass is 32.2. The van der Waals surface area contributed by atoms with Crippen LogP contribution in [0.3, 0.4) is 0 Å². The van der Waals surface area contributed by atoms with Crippen molar-refractivity contribution in [2.24, 2.45) is 11.5 Å². The number of hydrogen-bond acceptors (Lipinski definition) is 17. The Balaban J connectivity index is 0.949. The molecular formula is C55H73N15O9S2. The van der Waals surface area contributed by atoms with E-state index in [4.69, 9.17) is 35.6 Å². The molecule has 8 rings (SSSR count). The van der Waals surface area contributed by atoms with Crippen LogP contribution in [0.1, 0.15) is 105 Å². The first-order chi connectivity index (χ1) is 38.7. The summed E-state index contributed by atoms with van der Waals surface area (Å²) in [6.07, 6.45) is 6.87. The minimum Gasteiger partial charge on any atom is -0.491 e. The molecule has 81 heavy (non-hydrogen) atoms. The molecule has 0 radical (unpaired) electrons. The lowest BCUT2D eigenvalue weighted by atomic mass is 10.1. The number of thioether (sulfide) groups is 1. The highest BCUT2D eigenvalue weighted by Crippen LogP contribution is 2.34. The molecule has 0 unspecified atom stereocenters. The number of rotatable bonds is 22. The van der Waals surface area contributed by atoms with E-state index in [1.54, 1.807) is 49.4 Å². The van der Waals surface area contributed by atoms with E-state index in [0.717, 1.165) is 29.5 Å². The lowest BCUT2D eigenvalue weighted by Gasteiger charge is -2.35. The number of hydrogen-bond donors (Lipinski definition) is 4. The van der Waals surface area contributed by atoms with Gasteiger partial charge in [-0.1, -0.05) is 19.1 Å². The van der Waals surface area contributed by atoms with Gasteiger partial charge in [-0.05, 0) is 97.4 Å². The number of piperazine rings is 2. The molecule has 6 N–H and O–H groups in total. The Bertz CT molecular complexity index is 3320. The largest absolute Gasteiger partial charge is 0.491 e. The first-order valence-corrected chi connectivity index (χ1v) is 29.3. The normalized spacial score (nSPS) is 14.5. The van der Waals surface area contributed by atoms with E-state index >= 15 is 0 Å². The van der Waals surface area contributed by atoms with Gasteiger partial charge in [0.2, 0.25) is 23.7 Å². The Morgan fingerprint density at radius 3 is 1.84 bits per heavy atom. The van der Waals surface area contributed by atoms with Crippen molar-refractivity contribution in [1.82, 2.24) is 53.5 Å². The van der Waals surface area contributed by atoms with Gasteiger partial charge >= 0.3 is 12.2 Å². The number of aryl methyl sites for hydroxylation is 4. The summed E-state index contributed by atoms with van der Waals surface area (Å²) in [7, 11) is 0. The quantitative estimate of drug-likeness (QED) is 0.0326. The van der Waals surface area contributed by atoms with Gasteiger partial charge < -0.3 is 44.6 Å². The SMILES string of the molecule is CCc1nc(C)sc1C(=O)Nc1nc2cc(C(N)=O)cc(OCCCN3CCN(C(=O)OCCCN4CCN(C(=O)OC(C)(C)C)CC4)CC3)c2n1C/C=C/Cn1c(NC(=O)c2cc(C)nn2CC)nc2cc(C(N)=O)cc(SC)c21. The number of primary amides is 2. The number of carbonyl (C=O) groups excluding carboxylic acids is 6. The number of carbonyl (C=O) groups is 6. The fourth-order valence-electron chi connectivity index (χ4n) is 9.74. The second kappa shape index (κ2) is 26.4. The molecule has 434 valence electrons. The molecule has 6 aromatic rings. The Morgan fingerprint density at radius 2 is 1.27 bits per heavy atom. The van der Waals surface area contributed by atoms with Crippen molar-refractivity contribution in [2.45, 2.75) is 97.9 Å². The number of nitrogens with one attached hydrogen (secondary N) is 2. The highest BCUT2D eigenvalue weighted by molar-refractivity contribution is 7.98. The number of aromatic nitrogens is 7. The molecule has 2 aliphatic rings. The van der Waals surface area contributed by atoms with Gasteiger partial charge in [-0.3, -0.25) is 44.3 Å². The molecule has 0 atom stereocenters. The van der Waals surface area contributed by atoms with E-state index in [0.29, 0.717) is 128 Å². The van der Waals surface area contributed by atoms with E-state index in [2.05, 4.69) is 30.5 Å². The average molecular weight is 1150 g/mol. The van der Waals surface area contributed by atoms with Gasteiger partial charge in [0.05, 0.1) is 46.2 Å². The number of benzene rings is 2. The molecule has 6 heterocycles. The van der Waals surface area contributed by atoms with Crippen molar-refractivity contribution in [3.8, 4) is 5.75 Å². The predicted molar refractivity (Wildman–Crippen MR) is 311 cm³/mol. The van der Waals surface area contributed by atoms with Gasteiger partial charge in [0.15, 0.2) is 0 Å². The number of amides is 6. The summed E-state index contributed by atoms with van der Waals surface area (Å²) in [4.78, 5) is 102. The number of allylic oxidation sites excluding steroid dienone is 2. The fraction of sp³-hybridized carbons (Fsp3) is 0.491. The molecule has 2 aromatic carbocycles. The summed E-state index contributed by atoms with van der Waals surface area (Å²) in [6, 6.07) is 8.15. The Hall–Kier alpha value is -7.55. The summed E-state index contributed by atoms with van der Waals surface area (Å²) < 4.78 is 22.9. The van der Waals surface area contributed by atoms with E-state index < -0.39 is 29.2 Å². The zero-order valence-electron chi connectivity index (χ0n) is 47.3. The predicted octanol–water partition coefficient (Wildman–Crippen LogP) is 6.38. The third-order valence-corrected chi connectivity index (χ3v) is 15.5. The van der Waals surface area contributed by atoms with Gasteiger partial charge in [0, 0.05) is 101 Å². The fourth-order valence-corrected chi connectivity index (χ4v) is 11.3. The van der Waals surface area contributed by atoms with Crippen molar-refractivity contribution >= 4 is 92.9 Å². The summed E-state index contributed by atoms with van der Waals surface area (Å²) in [5.74, 6) is -1.34. The first kappa shape index (κ1) is 59.6. The molecule has 6 amide bonds. The Kier molecular flexibility index (Phi) is 19.4. The van der Waals surface area contributed by atoms with Gasteiger partial charge in [-0.2, -0.15) is 5.10 Å². The number of nitrogens with two attached hydrogens (primary N) is 2. The van der Waals surface area contributed by atoms with Crippen LogP contribution in [-0.4, -0.2) is 180 Å². The summed E-state index contributed by atoms with van der Waals surface area (Å²) in [6.45, 7) is 20.9. The Labute approximate surface area is 478 Å². The van der Waals surface area contributed by atoms with Crippen LogP contribution in [0.15, 0.2) is 47.4 Å². The molecule has 24 nitrogen and oxygen atoms in total. The number of imidazole rings is 2. The average Bonchev–Trinajstić information content (AvgIpc) is 4.39. The molecule has 4 aromatic heterocycles. The van der Waals surface area contributed by atoms with E-state index in [1.165, 1.54) is 23.1 Å². The van der Waals surface area contributed by atoms with Crippen LogP contribution >= 0.6 is 23.1 Å². The molecule has 2 saturated heterocycles. The van der Waals surface area contributed by atoms with Crippen molar-refractivity contribution in [3.05, 3.63) is 80.6 Å². The smallest absolute Gasteiger partial charge is 0.410 e. The third-order valence-electron chi connectivity index (χ3n) is 13.8. The third kappa shape index (κ3) is 14.7. The standard InChI is InChI=1S/C55H73N15O9S2/c1-9-38-46(81-35(4)58-38)50(74)62-52-59-39-30-36(47(56)71)32-42(77-27-13-15-64-19-23-66(24-20-64)53(75)78-28-14-16-65-21-25-67(26-22-65)54(76)79-55(5,6)7)44(39)68(52)17-11-12-18-69-45-40(31-37(48(57)72)33-43(45)80-8)60-51(69)61-49(73)41-29-34(3)63-70(41)10-2/h11-12,29-33H,9-10,13-28H2,1-8H3,(H2,56,71)(H2,57,72)(H,59,62,74)(H,60,61,73)/b12-11+. The highest BCUT2D eigenvalue weighted by Gasteiger charge is 2.28. The minimum atomic E-state index is -0.682. The zero-order chi connectivity index (χ0) is 58.1. The van der Waals surface area contributed by atoms with Crippen molar-refractivity contribution in [3.63, 3.8) is 0 Å². The van der Waals surface area contributed by atoms with Crippen molar-refractivity contribution in [2.75, 3.05) is 95.6 Å². The molecule has 2 aliphatic heterocycles. The molecule has 0 bridgehead atoms. The molecular weight excluding hydrogens is 1080 g/mol. The van der Waals surface area contributed by atoms with Crippen molar-refractivity contribution in [1.29, 1.82) is 0 Å². The van der Waals surface area contributed by atoms with Gasteiger partial charge in [-0.25, -0.2) is 24.5 Å². The summed E-state index contributed by atoms with van der Waals surface area (Å²) in [5, 5.41) is 11.2. The van der Waals surface area contributed by atoms with E-state index in [9.17, 15) is 28.8 Å². The number of ether oxygens (including phenoxy) is 3. The molecule has 26 heteroatoms. The van der Waals surface area contributed by atoms with Crippen LogP contribution < -0.4 is 26.8 Å². The summed E-state index contributed by atoms with van der Waals surface area (Å²) in [5.41, 5.74) is 15.2. The van der Waals surface area contributed by atoms with Crippen LogP contribution in [0, 0.1) is 13.8 Å². The maximum Gasteiger partial charge on any atom is 0.410 e. The zero-order valence-corrected chi connectivity index (χ0v) is 49.0. The number of nitrogens with zero attached hydrogens (tertiary/aromatic N) is 11. The lowest BCUT2D eigenvalue weighted by molar-refractivity contribution is 0.0136. The maximum atomic E-state index is 14.0. The number of anilines is 2. The van der Waals surface area contributed by atoms with Crippen LogP contribution in [0.4, 0.5) is 21.5 Å². The second-order valence-corrected chi connectivity index (χ2v) is 22.8. The molecule has 0 spiro atoms. The lowest BCUT2D eigenvalue weighted by Crippen LogP contribution is -2.50. The van der Waals surface area contributed by atoms with Crippen LogP contribution in [0.5, 0.6) is 5.75 Å². The second-order valence-electron chi connectivity index (χ2n) is 20.7.